The topological polar surface area (TPSA) is 42.4 Å². The van der Waals surface area contributed by atoms with Crippen LogP contribution in [-0.2, 0) is 14.9 Å². The molecule has 0 spiro atoms. The summed E-state index contributed by atoms with van der Waals surface area (Å²) in [7, 11) is 1.97. The van der Waals surface area contributed by atoms with E-state index in [9.17, 15) is 4.79 Å². The summed E-state index contributed by atoms with van der Waals surface area (Å²) >= 11 is 1.52. The van der Waals surface area contributed by atoms with E-state index in [0.717, 1.165) is 16.5 Å². The van der Waals surface area contributed by atoms with Gasteiger partial charge in [-0.25, -0.2) is 4.98 Å². The predicted molar refractivity (Wildman–Crippen MR) is 86.3 cm³/mol. The van der Waals surface area contributed by atoms with E-state index in [1.165, 1.54) is 11.3 Å². The number of benzene rings is 1. The van der Waals surface area contributed by atoms with Crippen LogP contribution in [0, 0.1) is 0 Å². The summed E-state index contributed by atoms with van der Waals surface area (Å²) < 4.78 is 5.13. The van der Waals surface area contributed by atoms with Crippen LogP contribution in [0.4, 0.5) is 10.8 Å². The summed E-state index contributed by atoms with van der Waals surface area (Å²) in [5, 5.41) is 2.78. The molecule has 5 heteroatoms. The SMILES string of the molecule is CCOC(=O)C(C)(C)c1csc(N(C)c2ccccc2)n1. The molecule has 0 amide bonds. The molecule has 2 aromatic rings. The molecule has 2 rings (SSSR count). The van der Waals surface area contributed by atoms with E-state index in [-0.39, 0.29) is 5.97 Å². The average molecular weight is 304 g/mol. The number of carbonyl (C=O) groups is 1. The standard InChI is InChI=1S/C16H20N2O2S/c1-5-20-14(19)16(2,3)13-11-21-15(17-13)18(4)12-9-7-6-8-10-12/h6-11H,5H2,1-4H3. The fourth-order valence-electron chi connectivity index (χ4n) is 1.88. The molecule has 1 heterocycles. The second-order valence-corrected chi connectivity index (χ2v) is 6.09. The smallest absolute Gasteiger partial charge is 0.317 e. The molecule has 0 N–H and O–H groups in total. The second-order valence-electron chi connectivity index (χ2n) is 5.26. The van der Waals surface area contributed by atoms with Gasteiger partial charge < -0.3 is 9.64 Å². The van der Waals surface area contributed by atoms with Gasteiger partial charge >= 0.3 is 5.97 Å². The van der Waals surface area contributed by atoms with Crippen molar-refractivity contribution in [2.75, 3.05) is 18.6 Å². The number of hydrogen-bond donors (Lipinski definition) is 0. The molecule has 0 aliphatic rings. The molecule has 0 fully saturated rings. The zero-order valence-electron chi connectivity index (χ0n) is 12.8. The summed E-state index contributed by atoms with van der Waals surface area (Å²) in [6, 6.07) is 10.0. The highest BCUT2D eigenvalue weighted by Crippen LogP contribution is 2.32. The fourth-order valence-corrected chi connectivity index (χ4v) is 2.86. The molecule has 0 radical (unpaired) electrons. The van der Waals surface area contributed by atoms with E-state index in [4.69, 9.17) is 4.74 Å². The van der Waals surface area contributed by atoms with Crippen LogP contribution in [-0.4, -0.2) is 24.6 Å². The molecule has 0 aliphatic heterocycles. The zero-order valence-corrected chi connectivity index (χ0v) is 13.6. The summed E-state index contributed by atoms with van der Waals surface area (Å²) in [4.78, 5) is 18.7. The van der Waals surface area contributed by atoms with E-state index in [2.05, 4.69) is 4.98 Å². The molecule has 0 saturated heterocycles. The minimum absolute atomic E-state index is 0.246. The van der Waals surface area contributed by atoms with Gasteiger partial charge in [-0.2, -0.15) is 0 Å². The van der Waals surface area contributed by atoms with Gasteiger partial charge in [-0.05, 0) is 32.9 Å². The number of rotatable bonds is 5. The lowest BCUT2D eigenvalue weighted by molar-refractivity contribution is -0.148. The van der Waals surface area contributed by atoms with Gasteiger partial charge in [0.2, 0.25) is 0 Å². The van der Waals surface area contributed by atoms with E-state index in [1.807, 2.05) is 68.4 Å². The first kappa shape index (κ1) is 15.5. The molecule has 0 atom stereocenters. The highest BCUT2D eigenvalue weighted by molar-refractivity contribution is 7.13. The molecular formula is C16H20N2O2S. The Bertz CT molecular complexity index is 608. The fraction of sp³-hybridized carbons (Fsp3) is 0.375. The van der Waals surface area contributed by atoms with E-state index < -0.39 is 5.41 Å². The Labute approximate surface area is 129 Å². The molecule has 21 heavy (non-hydrogen) atoms. The van der Waals surface area contributed by atoms with Crippen LogP contribution >= 0.6 is 11.3 Å². The van der Waals surface area contributed by atoms with Gasteiger partial charge in [0.15, 0.2) is 5.13 Å². The normalized spacial score (nSPS) is 11.2. The second kappa shape index (κ2) is 6.26. The van der Waals surface area contributed by atoms with Crippen LogP contribution in [0.1, 0.15) is 26.5 Å². The van der Waals surface area contributed by atoms with Crippen LogP contribution in [0.25, 0.3) is 0 Å². The van der Waals surface area contributed by atoms with Crippen molar-refractivity contribution >= 4 is 28.1 Å². The Morgan fingerprint density at radius 2 is 2.00 bits per heavy atom. The average Bonchev–Trinajstić information content (AvgIpc) is 2.98. The molecule has 0 saturated carbocycles. The lowest BCUT2D eigenvalue weighted by Crippen LogP contribution is -2.31. The van der Waals surface area contributed by atoms with Crippen molar-refractivity contribution in [1.82, 2.24) is 4.98 Å². The van der Waals surface area contributed by atoms with E-state index >= 15 is 0 Å². The van der Waals surface area contributed by atoms with Gasteiger partial charge in [0, 0.05) is 18.1 Å². The van der Waals surface area contributed by atoms with Gasteiger partial charge in [-0.15, -0.1) is 11.3 Å². The molecule has 0 aliphatic carbocycles. The van der Waals surface area contributed by atoms with Gasteiger partial charge in [-0.1, -0.05) is 18.2 Å². The molecule has 4 nitrogen and oxygen atoms in total. The Kier molecular flexibility index (Phi) is 4.63. The number of para-hydroxylation sites is 1. The largest absolute Gasteiger partial charge is 0.465 e. The van der Waals surface area contributed by atoms with Crippen molar-refractivity contribution < 1.29 is 9.53 Å². The molecular weight excluding hydrogens is 284 g/mol. The Morgan fingerprint density at radius 3 is 2.62 bits per heavy atom. The number of nitrogens with zero attached hydrogens (tertiary/aromatic N) is 2. The van der Waals surface area contributed by atoms with Crippen molar-refractivity contribution in [1.29, 1.82) is 0 Å². The molecule has 1 aromatic carbocycles. The van der Waals surface area contributed by atoms with Crippen molar-refractivity contribution in [2.24, 2.45) is 0 Å². The van der Waals surface area contributed by atoms with Crippen LogP contribution in [0.15, 0.2) is 35.7 Å². The lowest BCUT2D eigenvalue weighted by Gasteiger charge is -2.20. The minimum atomic E-state index is -0.734. The highest BCUT2D eigenvalue weighted by Gasteiger charge is 2.34. The molecule has 1 aromatic heterocycles. The number of ether oxygens (including phenoxy) is 1. The van der Waals surface area contributed by atoms with Crippen LogP contribution < -0.4 is 4.90 Å². The zero-order chi connectivity index (χ0) is 15.5. The first-order chi connectivity index (χ1) is 9.96. The Hall–Kier alpha value is -1.88. The van der Waals surface area contributed by atoms with Crippen molar-refractivity contribution in [3.63, 3.8) is 0 Å². The first-order valence-corrected chi connectivity index (χ1v) is 7.76. The first-order valence-electron chi connectivity index (χ1n) is 6.88. The maximum atomic E-state index is 12.0. The highest BCUT2D eigenvalue weighted by atomic mass is 32.1. The number of esters is 1. The van der Waals surface area contributed by atoms with Gasteiger partial charge in [0.1, 0.15) is 5.41 Å². The number of thiazole rings is 1. The third kappa shape index (κ3) is 3.24. The van der Waals surface area contributed by atoms with Crippen LogP contribution in [0.2, 0.25) is 0 Å². The summed E-state index contributed by atoms with van der Waals surface area (Å²) in [6.45, 7) is 5.87. The summed E-state index contributed by atoms with van der Waals surface area (Å²) in [6.07, 6.45) is 0. The maximum absolute atomic E-state index is 12.0. The summed E-state index contributed by atoms with van der Waals surface area (Å²) in [5.41, 5.74) is 1.07. The van der Waals surface area contributed by atoms with Crippen LogP contribution in [0.5, 0.6) is 0 Å². The quantitative estimate of drug-likeness (QED) is 0.789. The minimum Gasteiger partial charge on any atom is -0.465 e. The predicted octanol–water partition coefficient (Wildman–Crippen LogP) is 3.75. The third-order valence-corrected chi connectivity index (χ3v) is 4.27. The number of anilines is 2. The van der Waals surface area contributed by atoms with Crippen molar-refractivity contribution in [3.8, 4) is 0 Å². The van der Waals surface area contributed by atoms with Gasteiger partial charge in [-0.3, -0.25) is 4.79 Å². The third-order valence-electron chi connectivity index (χ3n) is 3.35. The summed E-state index contributed by atoms with van der Waals surface area (Å²) in [5.74, 6) is -0.246. The van der Waals surface area contributed by atoms with Crippen LogP contribution in [0.3, 0.4) is 0 Å². The van der Waals surface area contributed by atoms with Gasteiger partial charge in [0.05, 0.1) is 12.3 Å². The lowest BCUT2D eigenvalue weighted by atomic mass is 9.90. The van der Waals surface area contributed by atoms with Crippen molar-refractivity contribution in [2.45, 2.75) is 26.2 Å². The number of hydrogen-bond acceptors (Lipinski definition) is 5. The van der Waals surface area contributed by atoms with Crippen molar-refractivity contribution in [3.05, 3.63) is 41.4 Å². The number of aromatic nitrogens is 1. The van der Waals surface area contributed by atoms with E-state index in [1.54, 1.807) is 0 Å². The molecule has 0 unspecified atom stereocenters. The monoisotopic (exact) mass is 304 g/mol. The molecule has 112 valence electrons. The maximum Gasteiger partial charge on any atom is 0.317 e. The van der Waals surface area contributed by atoms with Gasteiger partial charge in [0.25, 0.3) is 0 Å². The van der Waals surface area contributed by atoms with E-state index in [0.29, 0.717) is 6.61 Å². The Balaban J connectivity index is 2.24. The molecule has 0 bridgehead atoms. The number of carbonyl (C=O) groups excluding carboxylic acids is 1. The Morgan fingerprint density at radius 1 is 1.33 bits per heavy atom.